The number of nitrogens with one attached hydrogen (secondary N) is 3. The van der Waals surface area contributed by atoms with Gasteiger partial charge in [-0.2, -0.15) is 0 Å². The highest BCUT2D eigenvalue weighted by Crippen LogP contribution is 2.33. The molecular weight excluding hydrogens is 526 g/mol. The number of hydrogen-bond acceptors (Lipinski definition) is 9. The Morgan fingerprint density at radius 3 is 2.05 bits per heavy atom. The lowest BCUT2D eigenvalue weighted by molar-refractivity contribution is 0.102. The number of para-hydroxylation sites is 2. The second-order valence-corrected chi connectivity index (χ2v) is 9.43. The summed E-state index contributed by atoms with van der Waals surface area (Å²) in [7, 11) is 4.77. The Labute approximate surface area is 236 Å². The normalized spacial score (nSPS) is 10.6. The highest BCUT2D eigenvalue weighted by Gasteiger charge is 2.13. The molecule has 1 amide bonds. The van der Waals surface area contributed by atoms with Gasteiger partial charge in [-0.25, -0.2) is 9.97 Å². The van der Waals surface area contributed by atoms with Gasteiger partial charge in [0, 0.05) is 40.0 Å². The number of aromatic nitrogens is 2. The number of hydrogen-bond donors (Lipinski definition) is 3. The van der Waals surface area contributed by atoms with E-state index in [1.54, 1.807) is 51.7 Å². The zero-order valence-electron chi connectivity index (χ0n) is 22.1. The predicted octanol–water partition coefficient (Wildman–Crippen LogP) is 6.77. The Kier molecular flexibility index (Phi) is 8.17. The van der Waals surface area contributed by atoms with Crippen molar-refractivity contribution in [2.24, 2.45) is 0 Å². The number of ether oxygens (including phenoxy) is 3. The van der Waals surface area contributed by atoms with Crippen LogP contribution in [0, 0.1) is 0 Å². The molecule has 0 aliphatic heterocycles. The molecule has 0 aliphatic rings. The second-order valence-electron chi connectivity index (χ2n) is 8.55. The molecule has 0 radical (unpaired) electrons. The fourth-order valence-corrected chi connectivity index (χ4v) is 4.58. The van der Waals surface area contributed by atoms with Crippen molar-refractivity contribution in [2.45, 2.75) is 4.90 Å². The Morgan fingerprint density at radius 2 is 1.35 bits per heavy atom. The van der Waals surface area contributed by atoms with E-state index >= 15 is 0 Å². The van der Waals surface area contributed by atoms with Crippen LogP contribution < -0.4 is 29.6 Å². The maximum atomic E-state index is 12.8. The summed E-state index contributed by atoms with van der Waals surface area (Å²) in [4.78, 5) is 23.2. The molecule has 0 aliphatic carbocycles. The van der Waals surface area contributed by atoms with Gasteiger partial charge in [0.05, 0.1) is 32.4 Å². The van der Waals surface area contributed by atoms with Crippen molar-refractivity contribution in [3.05, 3.63) is 96.6 Å². The number of rotatable bonds is 10. The van der Waals surface area contributed by atoms with Gasteiger partial charge < -0.3 is 29.6 Å². The van der Waals surface area contributed by atoms with Gasteiger partial charge in [0.1, 0.15) is 17.2 Å². The van der Waals surface area contributed by atoms with Gasteiger partial charge in [0.15, 0.2) is 11.6 Å². The second kappa shape index (κ2) is 12.3. The van der Waals surface area contributed by atoms with Gasteiger partial charge in [-0.05, 0) is 60.5 Å². The highest BCUT2D eigenvalue weighted by molar-refractivity contribution is 8.00. The first-order chi connectivity index (χ1) is 19.5. The van der Waals surface area contributed by atoms with Crippen molar-refractivity contribution in [2.75, 3.05) is 36.7 Å². The molecule has 5 aromatic rings. The lowest BCUT2D eigenvalue weighted by atomic mass is 10.2. The minimum absolute atomic E-state index is 0.227. The monoisotopic (exact) mass is 553 g/mol. The number of nitrogens with zero attached hydrogens (tertiary/aromatic N) is 2. The summed E-state index contributed by atoms with van der Waals surface area (Å²) in [5, 5.41) is 6.28. The first-order valence-corrected chi connectivity index (χ1v) is 13.1. The summed E-state index contributed by atoms with van der Waals surface area (Å²) >= 11 is 1.35. The van der Waals surface area contributed by atoms with Gasteiger partial charge >= 0.3 is 0 Å². The van der Waals surface area contributed by atoms with Crippen molar-refractivity contribution in [1.82, 2.24) is 9.97 Å². The fourth-order valence-electron chi connectivity index (χ4n) is 3.89. The highest BCUT2D eigenvalue weighted by atomic mass is 32.2. The molecule has 3 N–H and O–H groups in total. The van der Waals surface area contributed by atoms with E-state index in [9.17, 15) is 4.79 Å². The molecule has 10 heteroatoms. The minimum atomic E-state index is -0.227. The van der Waals surface area contributed by atoms with E-state index in [0.717, 1.165) is 21.6 Å². The maximum Gasteiger partial charge on any atom is 0.255 e. The molecular formula is C30H27N5O4S. The van der Waals surface area contributed by atoms with Crippen LogP contribution in [0.5, 0.6) is 17.2 Å². The molecule has 40 heavy (non-hydrogen) atoms. The van der Waals surface area contributed by atoms with Gasteiger partial charge in [-0.3, -0.25) is 4.79 Å². The Balaban J connectivity index is 1.37. The van der Waals surface area contributed by atoms with Crippen molar-refractivity contribution in [3.8, 4) is 17.2 Å². The van der Waals surface area contributed by atoms with Crippen molar-refractivity contribution in [1.29, 1.82) is 0 Å². The molecule has 0 atom stereocenters. The molecule has 0 saturated carbocycles. The van der Waals surface area contributed by atoms with Crippen LogP contribution in [0.1, 0.15) is 10.4 Å². The van der Waals surface area contributed by atoms with Crippen LogP contribution in [0.15, 0.2) is 95.9 Å². The van der Waals surface area contributed by atoms with Crippen LogP contribution in [0.4, 0.5) is 23.0 Å². The molecule has 1 heterocycles. The zero-order valence-corrected chi connectivity index (χ0v) is 22.9. The number of methoxy groups -OCH3 is 3. The summed E-state index contributed by atoms with van der Waals surface area (Å²) in [6.07, 6.45) is 0. The standard InChI is InChI=1S/C30H27N5O4S/c1-37-22-10-6-8-19(14-22)30(36)32-20-9-7-11-25(17-20)40-35-29-28(33-26-12-4-5-13-27(26)34-29)31-21-15-23(38-2)18-24(16-21)39-3/h4-18H,1-3H3,(H,31,33)(H,32,36)(H,34,35). The topological polar surface area (TPSA) is 107 Å². The zero-order chi connectivity index (χ0) is 27.9. The van der Waals surface area contributed by atoms with E-state index in [1.165, 1.54) is 11.9 Å². The van der Waals surface area contributed by atoms with Gasteiger partial charge in [0.2, 0.25) is 0 Å². The molecule has 4 aromatic carbocycles. The first kappa shape index (κ1) is 26.6. The van der Waals surface area contributed by atoms with Crippen molar-refractivity contribution >= 4 is 51.9 Å². The van der Waals surface area contributed by atoms with Gasteiger partial charge in [0.25, 0.3) is 5.91 Å². The van der Waals surface area contributed by atoms with E-state index < -0.39 is 0 Å². The third-order valence-corrected chi connectivity index (χ3v) is 6.66. The lowest BCUT2D eigenvalue weighted by Gasteiger charge is -2.15. The fraction of sp³-hybridized carbons (Fsp3) is 0.100. The largest absolute Gasteiger partial charge is 0.497 e. The molecule has 1 aromatic heterocycles. The smallest absolute Gasteiger partial charge is 0.255 e. The van der Waals surface area contributed by atoms with E-state index in [2.05, 4.69) is 15.4 Å². The predicted molar refractivity (Wildman–Crippen MR) is 159 cm³/mol. The Bertz CT molecular complexity index is 1640. The van der Waals surface area contributed by atoms with Crippen LogP contribution in [-0.4, -0.2) is 37.2 Å². The summed E-state index contributed by atoms with van der Waals surface area (Å²) < 4.78 is 19.4. The van der Waals surface area contributed by atoms with Crippen LogP contribution >= 0.6 is 11.9 Å². The summed E-state index contributed by atoms with van der Waals surface area (Å²) in [5.74, 6) is 2.75. The average molecular weight is 554 g/mol. The van der Waals surface area contributed by atoms with Crippen LogP contribution in [0.3, 0.4) is 0 Å². The molecule has 5 rings (SSSR count). The van der Waals surface area contributed by atoms with E-state index in [0.29, 0.717) is 40.1 Å². The van der Waals surface area contributed by atoms with E-state index in [4.69, 9.17) is 24.2 Å². The van der Waals surface area contributed by atoms with Crippen molar-refractivity contribution in [3.63, 3.8) is 0 Å². The molecule has 0 bridgehead atoms. The first-order valence-electron chi connectivity index (χ1n) is 12.3. The van der Waals surface area contributed by atoms with Gasteiger partial charge in [-0.15, -0.1) is 0 Å². The van der Waals surface area contributed by atoms with Gasteiger partial charge in [-0.1, -0.05) is 24.3 Å². The molecule has 9 nitrogen and oxygen atoms in total. The summed E-state index contributed by atoms with van der Waals surface area (Å²) in [6, 6.07) is 27.7. The molecule has 0 spiro atoms. The molecule has 0 saturated heterocycles. The quantitative estimate of drug-likeness (QED) is 0.162. The number of benzene rings is 4. The van der Waals surface area contributed by atoms with E-state index in [-0.39, 0.29) is 5.91 Å². The van der Waals surface area contributed by atoms with E-state index in [1.807, 2.05) is 60.7 Å². The van der Waals surface area contributed by atoms with Crippen LogP contribution in [0.2, 0.25) is 0 Å². The molecule has 0 fully saturated rings. The third-order valence-electron chi connectivity index (χ3n) is 5.87. The number of anilines is 4. The maximum absolute atomic E-state index is 12.8. The number of carbonyl (C=O) groups excluding carboxylic acids is 1. The van der Waals surface area contributed by atoms with Crippen LogP contribution in [0.25, 0.3) is 11.0 Å². The average Bonchev–Trinajstić information content (AvgIpc) is 3.00. The third kappa shape index (κ3) is 6.36. The van der Waals surface area contributed by atoms with Crippen LogP contribution in [-0.2, 0) is 0 Å². The Hall–Kier alpha value is -4.96. The summed E-state index contributed by atoms with van der Waals surface area (Å²) in [5.41, 5.74) is 3.39. The molecule has 0 unspecified atom stereocenters. The summed E-state index contributed by atoms with van der Waals surface area (Å²) in [6.45, 7) is 0. The minimum Gasteiger partial charge on any atom is -0.497 e. The Morgan fingerprint density at radius 1 is 0.675 bits per heavy atom. The molecule has 202 valence electrons. The number of fused-ring (bicyclic) bond motifs is 1. The lowest BCUT2D eigenvalue weighted by Crippen LogP contribution is -2.11. The number of carbonyl (C=O) groups is 1. The van der Waals surface area contributed by atoms with Crippen molar-refractivity contribution < 1.29 is 19.0 Å². The SMILES string of the molecule is COc1cc(Nc2nc3ccccc3nc2NSc2cccc(NC(=O)c3cccc(OC)c3)c2)cc(OC)c1. The number of amides is 1.